The van der Waals surface area contributed by atoms with E-state index in [0.29, 0.717) is 12.5 Å². The summed E-state index contributed by atoms with van der Waals surface area (Å²) in [6.45, 7) is 4.11. The molecule has 3 rings (SSSR count). The third kappa shape index (κ3) is 3.92. The number of hydrogen-bond donors (Lipinski definition) is 0. The molecule has 0 bridgehead atoms. The van der Waals surface area contributed by atoms with E-state index in [-0.39, 0.29) is 11.9 Å². The molecule has 0 spiro atoms. The van der Waals surface area contributed by atoms with Crippen LogP contribution in [0.5, 0.6) is 0 Å². The monoisotopic (exact) mass is 339 g/mol. The van der Waals surface area contributed by atoms with Crippen molar-refractivity contribution in [1.29, 1.82) is 0 Å². The van der Waals surface area contributed by atoms with E-state index in [1.807, 2.05) is 6.92 Å². The number of aryl methyl sites for hydroxylation is 1. The highest BCUT2D eigenvalue weighted by Gasteiger charge is 2.33. The van der Waals surface area contributed by atoms with Gasteiger partial charge in [0.15, 0.2) is 5.82 Å². The molecule has 2 heterocycles. The van der Waals surface area contributed by atoms with E-state index < -0.39 is 12.7 Å². The van der Waals surface area contributed by atoms with Gasteiger partial charge in [0.2, 0.25) is 0 Å². The molecule has 5 nitrogen and oxygen atoms in total. The number of rotatable bonds is 4. The number of hydrogen-bond acceptors (Lipinski definition) is 4. The van der Waals surface area contributed by atoms with E-state index in [9.17, 15) is 13.2 Å². The van der Waals surface area contributed by atoms with Crippen LogP contribution >= 0.6 is 0 Å². The molecule has 1 saturated heterocycles. The first-order valence-corrected chi connectivity index (χ1v) is 7.94. The van der Waals surface area contributed by atoms with Crippen molar-refractivity contribution in [1.82, 2.24) is 25.1 Å². The maximum Gasteiger partial charge on any atom is 0.408 e. The lowest BCUT2D eigenvalue weighted by Gasteiger charge is -2.20. The van der Waals surface area contributed by atoms with Crippen LogP contribution in [0.2, 0.25) is 0 Å². The van der Waals surface area contributed by atoms with Gasteiger partial charge in [0, 0.05) is 12.6 Å². The van der Waals surface area contributed by atoms with E-state index in [1.54, 1.807) is 0 Å². The first kappa shape index (κ1) is 16.9. The quantitative estimate of drug-likeness (QED) is 0.859. The average Bonchev–Trinajstić information content (AvgIpc) is 3.06. The minimum atomic E-state index is -4.33. The molecular formula is C16H20F3N5. The third-order valence-electron chi connectivity index (χ3n) is 4.53. The summed E-state index contributed by atoms with van der Waals surface area (Å²) in [5.74, 6) is 0.635. The Morgan fingerprint density at radius 2 is 1.92 bits per heavy atom. The Morgan fingerprint density at radius 3 is 2.58 bits per heavy atom. The SMILES string of the molecule is Cc1ccc([C@H]2C[C@H](C)N(Cc3nnnn3CC(F)(F)F)C2)cc1. The zero-order valence-electron chi connectivity index (χ0n) is 13.7. The summed E-state index contributed by atoms with van der Waals surface area (Å²) in [4.78, 5) is 2.14. The van der Waals surface area contributed by atoms with Crippen LogP contribution < -0.4 is 0 Å². The van der Waals surface area contributed by atoms with Crippen LogP contribution in [-0.2, 0) is 13.1 Å². The fourth-order valence-electron chi connectivity index (χ4n) is 3.21. The summed E-state index contributed by atoms with van der Waals surface area (Å²) in [7, 11) is 0. The Labute approximate surface area is 138 Å². The predicted molar refractivity (Wildman–Crippen MR) is 82.3 cm³/mol. The Kier molecular flexibility index (Phi) is 4.58. The van der Waals surface area contributed by atoms with Crippen LogP contribution in [0.15, 0.2) is 24.3 Å². The van der Waals surface area contributed by atoms with E-state index in [0.717, 1.165) is 17.6 Å². The molecule has 130 valence electrons. The van der Waals surface area contributed by atoms with Crippen LogP contribution in [-0.4, -0.2) is 43.9 Å². The van der Waals surface area contributed by atoms with Crippen LogP contribution in [0, 0.1) is 6.92 Å². The van der Waals surface area contributed by atoms with Crippen molar-refractivity contribution in [3.63, 3.8) is 0 Å². The second-order valence-electron chi connectivity index (χ2n) is 6.49. The van der Waals surface area contributed by atoms with Crippen molar-refractivity contribution in [2.45, 2.75) is 51.5 Å². The normalized spacial score (nSPS) is 22.2. The molecule has 0 N–H and O–H groups in total. The van der Waals surface area contributed by atoms with Crippen LogP contribution in [0.4, 0.5) is 13.2 Å². The van der Waals surface area contributed by atoms with Gasteiger partial charge in [0.25, 0.3) is 0 Å². The first-order valence-electron chi connectivity index (χ1n) is 7.94. The molecule has 8 heteroatoms. The van der Waals surface area contributed by atoms with E-state index in [2.05, 4.69) is 51.6 Å². The van der Waals surface area contributed by atoms with E-state index in [4.69, 9.17) is 0 Å². The van der Waals surface area contributed by atoms with Crippen molar-refractivity contribution in [2.75, 3.05) is 6.54 Å². The number of halogens is 3. The number of tetrazole rings is 1. The van der Waals surface area contributed by atoms with Gasteiger partial charge >= 0.3 is 6.18 Å². The summed E-state index contributed by atoms with van der Waals surface area (Å²) < 4.78 is 38.6. The molecule has 0 amide bonds. The summed E-state index contributed by atoms with van der Waals surface area (Å²) in [6, 6.07) is 8.71. The van der Waals surface area contributed by atoms with Gasteiger partial charge in [-0.3, -0.25) is 4.90 Å². The molecule has 1 aromatic heterocycles. The molecule has 2 aromatic rings. The zero-order chi connectivity index (χ0) is 17.3. The number of benzene rings is 1. The van der Waals surface area contributed by atoms with Crippen molar-refractivity contribution in [3.05, 3.63) is 41.2 Å². The number of nitrogens with zero attached hydrogens (tertiary/aromatic N) is 5. The highest BCUT2D eigenvalue weighted by molar-refractivity contribution is 5.26. The molecule has 0 unspecified atom stereocenters. The molecule has 2 atom stereocenters. The van der Waals surface area contributed by atoms with Gasteiger partial charge in [0.05, 0.1) is 6.54 Å². The minimum absolute atomic E-state index is 0.253. The van der Waals surface area contributed by atoms with Gasteiger partial charge in [-0.05, 0) is 42.2 Å². The molecule has 24 heavy (non-hydrogen) atoms. The number of aromatic nitrogens is 4. The number of likely N-dealkylation sites (tertiary alicyclic amines) is 1. The Morgan fingerprint density at radius 1 is 1.21 bits per heavy atom. The predicted octanol–water partition coefficient (Wildman–Crippen LogP) is 2.92. The number of alkyl halides is 3. The van der Waals surface area contributed by atoms with Crippen LogP contribution in [0.3, 0.4) is 0 Å². The van der Waals surface area contributed by atoms with Gasteiger partial charge in [0.1, 0.15) is 6.54 Å². The van der Waals surface area contributed by atoms with Gasteiger partial charge in [-0.2, -0.15) is 13.2 Å². The molecule has 1 fully saturated rings. The lowest BCUT2D eigenvalue weighted by molar-refractivity contribution is -0.143. The smallest absolute Gasteiger partial charge is 0.293 e. The Balaban J connectivity index is 1.68. The second kappa shape index (κ2) is 6.51. The van der Waals surface area contributed by atoms with Crippen molar-refractivity contribution in [3.8, 4) is 0 Å². The Bertz CT molecular complexity index is 680. The topological polar surface area (TPSA) is 46.8 Å². The summed E-state index contributed by atoms with van der Waals surface area (Å²) in [5.41, 5.74) is 2.48. The summed E-state index contributed by atoms with van der Waals surface area (Å²) >= 11 is 0. The highest BCUT2D eigenvalue weighted by Crippen LogP contribution is 2.32. The van der Waals surface area contributed by atoms with E-state index in [1.165, 1.54) is 11.1 Å². The van der Waals surface area contributed by atoms with E-state index >= 15 is 0 Å². The second-order valence-corrected chi connectivity index (χ2v) is 6.49. The fourth-order valence-corrected chi connectivity index (χ4v) is 3.21. The minimum Gasteiger partial charge on any atom is -0.293 e. The maximum absolute atomic E-state index is 12.6. The first-order chi connectivity index (χ1) is 11.3. The van der Waals surface area contributed by atoms with Gasteiger partial charge < -0.3 is 0 Å². The molecular weight excluding hydrogens is 319 g/mol. The fraction of sp³-hybridized carbons (Fsp3) is 0.562. The van der Waals surface area contributed by atoms with Crippen molar-refractivity contribution < 1.29 is 13.2 Å². The van der Waals surface area contributed by atoms with Crippen molar-refractivity contribution in [2.24, 2.45) is 0 Å². The molecule has 0 aliphatic carbocycles. The zero-order valence-corrected chi connectivity index (χ0v) is 13.7. The Hall–Kier alpha value is -1.96. The van der Waals surface area contributed by atoms with Crippen LogP contribution in [0.25, 0.3) is 0 Å². The van der Waals surface area contributed by atoms with Gasteiger partial charge in [-0.25, -0.2) is 4.68 Å². The molecule has 0 saturated carbocycles. The molecule has 0 radical (unpaired) electrons. The highest BCUT2D eigenvalue weighted by atomic mass is 19.4. The van der Waals surface area contributed by atoms with Gasteiger partial charge in [-0.15, -0.1) is 5.10 Å². The van der Waals surface area contributed by atoms with Gasteiger partial charge in [-0.1, -0.05) is 29.8 Å². The summed E-state index contributed by atoms with van der Waals surface area (Å²) in [6.07, 6.45) is -3.35. The molecule has 1 aromatic carbocycles. The van der Waals surface area contributed by atoms with Crippen molar-refractivity contribution >= 4 is 0 Å². The summed E-state index contributed by atoms with van der Waals surface area (Å²) in [5, 5.41) is 10.6. The average molecular weight is 339 g/mol. The maximum atomic E-state index is 12.6. The standard InChI is InChI=1S/C16H20F3N5/c1-11-3-5-13(6-4-11)14-7-12(2)23(8-14)9-15-20-21-22-24(15)10-16(17,18)19/h3-6,12,14H,7-10H2,1-2H3/t12-,14-/m0/s1. The lowest BCUT2D eigenvalue weighted by Crippen LogP contribution is -2.29. The molecule has 1 aliphatic rings. The largest absolute Gasteiger partial charge is 0.408 e. The lowest BCUT2D eigenvalue weighted by atomic mass is 9.96. The molecule has 1 aliphatic heterocycles. The third-order valence-corrected chi connectivity index (χ3v) is 4.53. The van der Waals surface area contributed by atoms with Crippen LogP contribution in [0.1, 0.15) is 36.2 Å².